The molecule has 1 fully saturated rings. The van der Waals surface area contributed by atoms with Crippen LogP contribution in [0.1, 0.15) is 37.7 Å². The predicted molar refractivity (Wildman–Crippen MR) is 77.7 cm³/mol. The second kappa shape index (κ2) is 7.29. The van der Waals surface area contributed by atoms with Crippen LogP contribution in [0, 0.1) is 5.92 Å². The maximum atomic E-state index is 12.0. The van der Waals surface area contributed by atoms with Crippen LogP contribution >= 0.6 is 0 Å². The fourth-order valence-electron chi connectivity index (χ4n) is 2.76. The Balaban J connectivity index is 1.66. The van der Waals surface area contributed by atoms with Crippen molar-refractivity contribution in [3.05, 3.63) is 35.9 Å². The first-order valence-electron chi connectivity index (χ1n) is 7.34. The van der Waals surface area contributed by atoms with Crippen LogP contribution in [0.2, 0.25) is 0 Å². The van der Waals surface area contributed by atoms with Crippen molar-refractivity contribution in [2.24, 2.45) is 11.7 Å². The Hall–Kier alpha value is -1.35. The average Bonchev–Trinajstić information content (AvgIpc) is 2.45. The van der Waals surface area contributed by atoms with Crippen molar-refractivity contribution in [1.29, 1.82) is 0 Å². The summed E-state index contributed by atoms with van der Waals surface area (Å²) in [6, 6.07) is 10.4. The Bertz CT molecular complexity index is 391. The fraction of sp³-hybridized carbons (Fsp3) is 0.562. The van der Waals surface area contributed by atoms with Gasteiger partial charge >= 0.3 is 0 Å². The summed E-state index contributed by atoms with van der Waals surface area (Å²) in [4.78, 5) is 12.0. The molecule has 2 atom stereocenters. The number of benzene rings is 1. The molecule has 1 amide bonds. The number of amides is 1. The highest BCUT2D eigenvalue weighted by atomic mass is 16.1. The van der Waals surface area contributed by atoms with Gasteiger partial charge in [-0.25, -0.2) is 0 Å². The van der Waals surface area contributed by atoms with Crippen molar-refractivity contribution >= 4 is 5.91 Å². The molecule has 19 heavy (non-hydrogen) atoms. The van der Waals surface area contributed by atoms with E-state index in [-0.39, 0.29) is 17.9 Å². The summed E-state index contributed by atoms with van der Waals surface area (Å²) < 4.78 is 0. The molecule has 3 nitrogen and oxygen atoms in total. The minimum atomic E-state index is 0.0328. The number of nitrogens with two attached hydrogens (primary N) is 1. The van der Waals surface area contributed by atoms with Gasteiger partial charge in [-0.1, -0.05) is 43.2 Å². The van der Waals surface area contributed by atoms with Crippen LogP contribution in [0.4, 0.5) is 0 Å². The van der Waals surface area contributed by atoms with Crippen molar-refractivity contribution in [1.82, 2.24) is 5.32 Å². The molecule has 1 aromatic rings. The van der Waals surface area contributed by atoms with Crippen molar-refractivity contribution in [3.8, 4) is 0 Å². The lowest BCUT2D eigenvalue weighted by atomic mass is 9.84. The first kappa shape index (κ1) is 14.1. The van der Waals surface area contributed by atoms with Crippen molar-refractivity contribution in [2.75, 3.05) is 6.54 Å². The van der Waals surface area contributed by atoms with Gasteiger partial charge in [0, 0.05) is 12.6 Å². The standard InChI is InChI=1S/C16H24N2O/c17-15-11-5-4-10-14(15)16(19)18-12-6-9-13-7-2-1-3-8-13/h1-3,7-8,14-15H,4-6,9-12,17H2,(H,18,19)/t14-,15+/m1/s1. The maximum absolute atomic E-state index is 12.0. The fourth-order valence-corrected chi connectivity index (χ4v) is 2.76. The lowest BCUT2D eigenvalue weighted by Crippen LogP contribution is -2.43. The number of hydrogen-bond acceptors (Lipinski definition) is 2. The summed E-state index contributed by atoms with van der Waals surface area (Å²) >= 11 is 0. The Morgan fingerprint density at radius 2 is 1.95 bits per heavy atom. The van der Waals surface area contributed by atoms with E-state index in [2.05, 4.69) is 29.6 Å². The van der Waals surface area contributed by atoms with E-state index in [4.69, 9.17) is 5.73 Å². The SMILES string of the molecule is N[C@H]1CCCC[C@H]1C(=O)NCCCc1ccccc1. The summed E-state index contributed by atoms with van der Waals surface area (Å²) in [6.07, 6.45) is 6.23. The Morgan fingerprint density at radius 3 is 2.68 bits per heavy atom. The van der Waals surface area contributed by atoms with Gasteiger partial charge in [0.25, 0.3) is 0 Å². The second-order valence-electron chi connectivity index (χ2n) is 5.43. The minimum absolute atomic E-state index is 0.0328. The van der Waals surface area contributed by atoms with Gasteiger partial charge < -0.3 is 11.1 Å². The second-order valence-corrected chi connectivity index (χ2v) is 5.43. The van der Waals surface area contributed by atoms with Crippen molar-refractivity contribution in [3.63, 3.8) is 0 Å². The van der Waals surface area contributed by atoms with E-state index in [0.717, 1.165) is 38.6 Å². The van der Waals surface area contributed by atoms with Crippen LogP contribution in [0.3, 0.4) is 0 Å². The molecule has 0 aromatic heterocycles. The van der Waals surface area contributed by atoms with Crippen LogP contribution in [0.5, 0.6) is 0 Å². The van der Waals surface area contributed by atoms with Crippen molar-refractivity contribution in [2.45, 2.75) is 44.6 Å². The van der Waals surface area contributed by atoms with E-state index in [9.17, 15) is 4.79 Å². The third kappa shape index (κ3) is 4.35. The zero-order chi connectivity index (χ0) is 13.5. The van der Waals surface area contributed by atoms with E-state index < -0.39 is 0 Å². The van der Waals surface area contributed by atoms with Crippen molar-refractivity contribution < 1.29 is 4.79 Å². The monoisotopic (exact) mass is 260 g/mol. The predicted octanol–water partition coefficient (Wildman–Crippen LogP) is 2.25. The third-order valence-corrected chi connectivity index (χ3v) is 3.94. The van der Waals surface area contributed by atoms with Gasteiger partial charge in [0.05, 0.1) is 5.92 Å². The van der Waals surface area contributed by atoms with Gasteiger partial charge in [-0.05, 0) is 31.2 Å². The summed E-state index contributed by atoms with van der Waals surface area (Å²) in [5.41, 5.74) is 7.34. The van der Waals surface area contributed by atoms with Gasteiger partial charge in [-0.2, -0.15) is 0 Å². The van der Waals surface area contributed by atoms with Crippen LogP contribution in [0.25, 0.3) is 0 Å². The number of carbonyl (C=O) groups excluding carboxylic acids is 1. The number of nitrogens with one attached hydrogen (secondary N) is 1. The topological polar surface area (TPSA) is 55.1 Å². The molecule has 0 saturated heterocycles. The smallest absolute Gasteiger partial charge is 0.224 e. The average molecular weight is 260 g/mol. The number of carbonyl (C=O) groups is 1. The number of aryl methyl sites for hydroxylation is 1. The Morgan fingerprint density at radius 1 is 1.21 bits per heavy atom. The molecule has 0 unspecified atom stereocenters. The Kier molecular flexibility index (Phi) is 5.40. The highest BCUT2D eigenvalue weighted by Gasteiger charge is 2.27. The molecule has 0 bridgehead atoms. The highest BCUT2D eigenvalue weighted by Crippen LogP contribution is 2.22. The molecule has 1 aliphatic rings. The molecule has 0 spiro atoms. The Labute approximate surface area is 115 Å². The molecule has 1 saturated carbocycles. The summed E-state index contributed by atoms with van der Waals surface area (Å²) in [6.45, 7) is 0.747. The van der Waals surface area contributed by atoms with Gasteiger partial charge in [-0.3, -0.25) is 4.79 Å². The largest absolute Gasteiger partial charge is 0.356 e. The van der Waals surface area contributed by atoms with Gasteiger partial charge in [0.2, 0.25) is 5.91 Å². The van der Waals surface area contributed by atoms with Gasteiger partial charge in [-0.15, -0.1) is 0 Å². The maximum Gasteiger partial charge on any atom is 0.224 e. The molecular formula is C16H24N2O. The third-order valence-electron chi connectivity index (χ3n) is 3.94. The van der Waals surface area contributed by atoms with Gasteiger partial charge in [0.1, 0.15) is 0 Å². The lowest BCUT2D eigenvalue weighted by Gasteiger charge is -2.27. The molecule has 0 aliphatic heterocycles. The molecule has 3 heteroatoms. The molecule has 1 aliphatic carbocycles. The zero-order valence-electron chi connectivity index (χ0n) is 11.5. The normalized spacial score (nSPS) is 23.0. The van der Waals surface area contributed by atoms with E-state index in [1.165, 1.54) is 12.0 Å². The first-order chi connectivity index (χ1) is 9.27. The van der Waals surface area contributed by atoms with Crippen LogP contribution < -0.4 is 11.1 Å². The zero-order valence-corrected chi connectivity index (χ0v) is 11.5. The molecule has 3 N–H and O–H groups in total. The molecule has 0 heterocycles. The summed E-state index contributed by atoms with van der Waals surface area (Å²) in [5, 5.41) is 3.03. The molecule has 1 aromatic carbocycles. The van der Waals surface area contributed by atoms with Crippen LogP contribution in [-0.4, -0.2) is 18.5 Å². The highest BCUT2D eigenvalue weighted by molar-refractivity contribution is 5.79. The summed E-state index contributed by atoms with van der Waals surface area (Å²) in [7, 11) is 0. The minimum Gasteiger partial charge on any atom is -0.356 e. The molecule has 2 rings (SSSR count). The van der Waals surface area contributed by atoms with E-state index in [1.54, 1.807) is 0 Å². The van der Waals surface area contributed by atoms with E-state index in [0.29, 0.717) is 0 Å². The molecule has 0 radical (unpaired) electrons. The van der Waals surface area contributed by atoms with E-state index in [1.807, 2.05) is 6.07 Å². The van der Waals surface area contributed by atoms with Gasteiger partial charge in [0.15, 0.2) is 0 Å². The first-order valence-corrected chi connectivity index (χ1v) is 7.34. The van der Waals surface area contributed by atoms with Crippen LogP contribution in [-0.2, 0) is 11.2 Å². The molecule has 104 valence electrons. The number of rotatable bonds is 5. The quantitative estimate of drug-likeness (QED) is 0.798. The van der Waals surface area contributed by atoms with Crippen LogP contribution in [0.15, 0.2) is 30.3 Å². The number of hydrogen-bond donors (Lipinski definition) is 2. The lowest BCUT2D eigenvalue weighted by molar-refractivity contribution is -0.126. The van der Waals surface area contributed by atoms with E-state index >= 15 is 0 Å². The summed E-state index contributed by atoms with van der Waals surface area (Å²) in [5.74, 6) is 0.186. The molecular weight excluding hydrogens is 236 g/mol.